The van der Waals surface area contributed by atoms with Gasteiger partial charge in [-0.3, -0.25) is 4.79 Å². The number of hydrogen-bond acceptors (Lipinski definition) is 4. The van der Waals surface area contributed by atoms with E-state index in [2.05, 4.69) is 9.97 Å². The molecule has 0 bridgehead atoms. The highest BCUT2D eigenvalue weighted by molar-refractivity contribution is 5.81. The fourth-order valence-corrected chi connectivity index (χ4v) is 2.36. The van der Waals surface area contributed by atoms with Crippen LogP contribution in [0.15, 0.2) is 16.9 Å². The predicted molar refractivity (Wildman–Crippen MR) is 71.6 cm³/mol. The number of halogens is 2. The summed E-state index contributed by atoms with van der Waals surface area (Å²) in [7, 11) is 0. The van der Waals surface area contributed by atoms with Crippen LogP contribution in [0.5, 0.6) is 5.75 Å². The van der Waals surface area contributed by atoms with Crippen LogP contribution in [-0.2, 0) is 6.61 Å². The van der Waals surface area contributed by atoms with Crippen LogP contribution in [0.4, 0.5) is 8.78 Å². The van der Waals surface area contributed by atoms with Crippen molar-refractivity contribution in [1.29, 1.82) is 0 Å². The number of nitrogens with one attached hydrogen (secondary N) is 1. The first-order valence-electron chi connectivity index (χ1n) is 6.57. The van der Waals surface area contributed by atoms with Crippen LogP contribution in [0.1, 0.15) is 24.1 Å². The first-order chi connectivity index (χ1) is 9.88. The highest BCUT2D eigenvalue weighted by atomic mass is 19.3. The molecule has 0 amide bonds. The third-order valence-corrected chi connectivity index (χ3v) is 3.52. The van der Waals surface area contributed by atoms with Gasteiger partial charge in [0.05, 0.1) is 12.1 Å². The molecule has 0 spiro atoms. The van der Waals surface area contributed by atoms with Gasteiger partial charge in [-0.1, -0.05) is 0 Å². The van der Waals surface area contributed by atoms with Gasteiger partial charge in [0.2, 0.25) is 0 Å². The lowest BCUT2D eigenvalue weighted by atomic mass is 9.91. The summed E-state index contributed by atoms with van der Waals surface area (Å²) in [6.07, 6.45) is -1.24. The number of ether oxygens (including phenoxy) is 1. The highest BCUT2D eigenvalue weighted by Gasteiger charge is 2.47. The molecule has 1 aliphatic rings. The van der Waals surface area contributed by atoms with E-state index >= 15 is 0 Å². The van der Waals surface area contributed by atoms with Gasteiger partial charge in [0, 0.05) is 12.8 Å². The minimum atomic E-state index is -2.67. The Morgan fingerprint density at radius 2 is 2.19 bits per heavy atom. The average molecular weight is 296 g/mol. The summed E-state index contributed by atoms with van der Waals surface area (Å²) < 4.78 is 31.3. The van der Waals surface area contributed by atoms with E-state index in [1.54, 1.807) is 19.1 Å². The van der Waals surface area contributed by atoms with Gasteiger partial charge in [0.1, 0.15) is 23.1 Å². The number of aryl methyl sites for hydroxylation is 1. The number of alkyl halides is 2. The number of H-pyrrole nitrogens is 1. The summed E-state index contributed by atoms with van der Waals surface area (Å²) in [6, 6.07) is 3.15. The molecule has 2 N–H and O–H groups in total. The monoisotopic (exact) mass is 296 g/mol. The van der Waals surface area contributed by atoms with E-state index in [0.29, 0.717) is 22.3 Å². The molecule has 1 aromatic carbocycles. The second kappa shape index (κ2) is 4.77. The molecule has 0 unspecified atom stereocenters. The Hall–Kier alpha value is -2.02. The third-order valence-electron chi connectivity index (χ3n) is 3.52. The number of aliphatic hydroxyl groups is 1. The van der Waals surface area contributed by atoms with Crippen molar-refractivity contribution in [1.82, 2.24) is 9.97 Å². The molecule has 0 atom stereocenters. The van der Waals surface area contributed by atoms with Gasteiger partial charge in [-0.2, -0.15) is 0 Å². The zero-order valence-electron chi connectivity index (χ0n) is 11.3. The number of hydrogen-bond donors (Lipinski definition) is 2. The Kier molecular flexibility index (Phi) is 3.16. The van der Waals surface area contributed by atoms with Crippen LogP contribution in [-0.4, -0.2) is 27.1 Å². The van der Waals surface area contributed by atoms with Gasteiger partial charge >= 0.3 is 0 Å². The molecule has 1 heterocycles. The normalized spacial score (nSPS) is 17.7. The lowest BCUT2D eigenvalue weighted by molar-refractivity contribution is -0.134. The van der Waals surface area contributed by atoms with E-state index in [1.807, 2.05) is 0 Å². The van der Waals surface area contributed by atoms with Gasteiger partial charge < -0.3 is 14.8 Å². The average Bonchev–Trinajstić information content (AvgIpc) is 2.38. The molecule has 0 saturated heterocycles. The van der Waals surface area contributed by atoms with E-state index in [0.717, 1.165) is 0 Å². The lowest BCUT2D eigenvalue weighted by Crippen LogP contribution is -2.43. The van der Waals surface area contributed by atoms with Crippen molar-refractivity contribution in [3.05, 3.63) is 33.7 Å². The molecular formula is C14H14F2N2O3. The van der Waals surface area contributed by atoms with Crippen molar-refractivity contribution >= 4 is 11.0 Å². The molecule has 112 valence electrons. The highest BCUT2D eigenvalue weighted by Crippen LogP contribution is 2.40. The second-order valence-electron chi connectivity index (χ2n) is 5.30. The van der Waals surface area contributed by atoms with E-state index in [1.165, 1.54) is 0 Å². The third kappa shape index (κ3) is 2.61. The van der Waals surface area contributed by atoms with E-state index in [9.17, 15) is 18.7 Å². The first-order valence-corrected chi connectivity index (χ1v) is 6.57. The quantitative estimate of drug-likeness (QED) is 0.907. The fraction of sp³-hybridized carbons (Fsp3) is 0.429. The maximum absolute atomic E-state index is 12.9. The van der Waals surface area contributed by atoms with Crippen molar-refractivity contribution in [2.24, 2.45) is 0 Å². The Balaban J connectivity index is 2.03. The van der Waals surface area contributed by atoms with Crippen LogP contribution in [0.2, 0.25) is 0 Å². The van der Waals surface area contributed by atoms with Gasteiger partial charge in [-0.05, 0) is 24.6 Å². The molecule has 1 aromatic heterocycles. The maximum Gasteiger partial charge on any atom is 0.269 e. The second-order valence-corrected chi connectivity index (χ2v) is 5.30. The molecule has 5 nitrogen and oxygen atoms in total. The molecule has 0 radical (unpaired) electrons. The van der Waals surface area contributed by atoms with Crippen LogP contribution in [0.25, 0.3) is 11.0 Å². The maximum atomic E-state index is 12.9. The van der Waals surface area contributed by atoms with Gasteiger partial charge in [-0.25, -0.2) is 13.8 Å². The number of nitrogens with zero attached hydrogens (tertiary/aromatic N) is 1. The Morgan fingerprint density at radius 3 is 2.81 bits per heavy atom. The van der Waals surface area contributed by atoms with Crippen molar-refractivity contribution < 1.29 is 18.6 Å². The molecule has 1 fully saturated rings. The topological polar surface area (TPSA) is 75.2 Å². The SMILES string of the molecule is Cc1nc2c(OC3CC(F)(F)C3)cc(CO)cc2[nH]c1=O. The Labute approximate surface area is 118 Å². The van der Waals surface area contributed by atoms with E-state index < -0.39 is 12.0 Å². The largest absolute Gasteiger partial charge is 0.488 e. The number of fused-ring (bicyclic) bond motifs is 1. The number of benzene rings is 1. The van der Waals surface area contributed by atoms with Crippen LogP contribution >= 0.6 is 0 Å². The van der Waals surface area contributed by atoms with Crippen molar-refractivity contribution in [3.8, 4) is 5.75 Å². The smallest absolute Gasteiger partial charge is 0.269 e. The molecule has 1 saturated carbocycles. The molecular weight excluding hydrogens is 282 g/mol. The minimum absolute atomic E-state index is 0.247. The van der Waals surface area contributed by atoms with Crippen LogP contribution in [0.3, 0.4) is 0 Å². The molecule has 0 aliphatic heterocycles. The van der Waals surface area contributed by atoms with Crippen molar-refractivity contribution in [2.45, 2.75) is 38.4 Å². The molecule has 21 heavy (non-hydrogen) atoms. The Bertz CT molecular complexity index is 750. The molecule has 3 rings (SSSR count). The van der Waals surface area contributed by atoms with Gasteiger partial charge in [-0.15, -0.1) is 0 Å². The zero-order chi connectivity index (χ0) is 15.2. The summed E-state index contributed by atoms with van der Waals surface area (Å²) in [5.41, 5.74) is 1.27. The standard InChI is InChI=1S/C14H14F2N2O3/c1-7-13(20)18-10-2-8(6-19)3-11(12(10)17-7)21-9-4-14(15,16)5-9/h2-3,9,19H,4-6H2,1H3,(H,18,20). The molecule has 2 aromatic rings. The minimum Gasteiger partial charge on any atom is -0.488 e. The number of aliphatic hydroxyl groups excluding tert-OH is 1. The number of aromatic nitrogens is 2. The Morgan fingerprint density at radius 1 is 1.48 bits per heavy atom. The summed E-state index contributed by atoms with van der Waals surface area (Å²) in [5, 5.41) is 9.25. The molecule has 1 aliphatic carbocycles. The molecule has 7 heteroatoms. The summed E-state index contributed by atoms with van der Waals surface area (Å²) >= 11 is 0. The predicted octanol–water partition coefficient (Wildman–Crippen LogP) is 1.90. The summed E-state index contributed by atoms with van der Waals surface area (Å²) in [4.78, 5) is 18.4. The summed E-state index contributed by atoms with van der Waals surface area (Å²) in [6.45, 7) is 1.31. The zero-order valence-corrected chi connectivity index (χ0v) is 11.3. The van der Waals surface area contributed by atoms with Gasteiger partial charge in [0.25, 0.3) is 11.5 Å². The first kappa shape index (κ1) is 13.9. The fourth-order valence-electron chi connectivity index (χ4n) is 2.36. The van der Waals surface area contributed by atoms with Crippen LogP contribution in [0, 0.1) is 6.92 Å². The number of rotatable bonds is 3. The van der Waals surface area contributed by atoms with Crippen molar-refractivity contribution in [2.75, 3.05) is 0 Å². The summed E-state index contributed by atoms with van der Waals surface area (Å²) in [5.74, 6) is -2.37. The van der Waals surface area contributed by atoms with Crippen LogP contribution < -0.4 is 10.3 Å². The van der Waals surface area contributed by atoms with E-state index in [-0.39, 0.29) is 30.7 Å². The lowest BCUT2D eigenvalue weighted by Gasteiger charge is -2.35. The number of aromatic amines is 1. The van der Waals surface area contributed by atoms with Gasteiger partial charge in [0.15, 0.2) is 0 Å². The van der Waals surface area contributed by atoms with E-state index in [4.69, 9.17) is 4.74 Å². The van der Waals surface area contributed by atoms with Crippen molar-refractivity contribution in [3.63, 3.8) is 0 Å².